The molecule has 0 aromatic heterocycles. The lowest BCUT2D eigenvalue weighted by atomic mass is 10.6. The molecule has 0 bridgehead atoms. The summed E-state index contributed by atoms with van der Waals surface area (Å²) in [7, 11) is 4.03. The van der Waals surface area contributed by atoms with Gasteiger partial charge in [0.15, 0.2) is 0 Å². The molecule has 0 atom stereocenters. The number of rotatable bonds is 23. The lowest BCUT2D eigenvalue weighted by molar-refractivity contribution is -0.0210. The van der Waals surface area contributed by atoms with Crippen molar-refractivity contribution < 1.29 is 37.5 Å². The van der Waals surface area contributed by atoms with E-state index in [-0.39, 0.29) is 6.61 Å². The van der Waals surface area contributed by atoms with Crippen molar-refractivity contribution in [2.45, 2.75) is 0 Å². The quantitative estimate of drug-likeness (QED) is 0.232. The monoisotopic (exact) mass is 399 g/mol. The number of alkyl halides is 1. The molecule has 0 unspecified atom stereocenters. The van der Waals surface area contributed by atoms with Crippen LogP contribution in [0.15, 0.2) is 0 Å². The molecular weight excluding hydrogens is 361 g/mol. The van der Waals surface area contributed by atoms with Crippen LogP contribution in [0.2, 0.25) is 0 Å². The number of halogens is 1. The highest BCUT2D eigenvalue weighted by Gasteiger charge is 1.95. The zero-order chi connectivity index (χ0) is 19.8. The first-order valence-electron chi connectivity index (χ1n) is 9.52. The molecule has 0 heterocycles. The van der Waals surface area contributed by atoms with Gasteiger partial charge in [-0.25, -0.2) is 4.39 Å². The molecule has 0 amide bonds. The Kier molecular flexibility index (Phi) is 23.3. The molecule has 164 valence electrons. The summed E-state index contributed by atoms with van der Waals surface area (Å²) in [6.07, 6.45) is 0. The molecule has 0 aromatic rings. The second kappa shape index (κ2) is 23.6. The average molecular weight is 400 g/mol. The van der Waals surface area contributed by atoms with Crippen LogP contribution in [0.5, 0.6) is 0 Å². The molecule has 0 saturated carbocycles. The van der Waals surface area contributed by atoms with E-state index in [1.54, 1.807) is 0 Å². The van der Waals surface area contributed by atoms with Gasteiger partial charge in [-0.05, 0) is 14.1 Å². The molecule has 8 nitrogen and oxygen atoms in total. The fourth-order valence-electron chi connectivity index (χ4n) is 1.72. The molecule has 0 rings (SSSR count). The van der Waals surface area contributed by atoms with Crippen LogP contribution in [0, 0.1) is 0 Å². The third kappa shape index (κ3) is 25.6. The van der Waals surface area contributed by atoms with E-state index in [0.29, 0.717) is 79.3 Å². The predicted octanol–water partition coefficient (Wildman–Crippen LogP) is 0.634. The van der Waals surface area contributed by atoms with Gasteiger partial charge in [-0.3, -0.25) is 0 Å². The molecule has 0 aromatic carbocycles. The van der Waals surface area contributed by atoms with Crippen LogP contribution >= 0.6 is 0 Å². The molecule has 0 spiro atoms. The Labute approximate surface area is 163 Å². The molecular formula is C18H38FNO7. The first-order valence-corrected chi connectivity index (χ1v) is 9.52. The van der Waals surface area contributed by atoms with Gasteiger partial charge in [0, 0.05) is 6.54 Å². The summed E-state index contributed by atoms with van der Waals surface area (Å²) in [5.74, 6) is 0. The van der Waals surface area contributed by atoms with E-state index in [2.05, 4.69) is 4.90 Å². The third-order valence-electron chi connectivity index (χ3n) is 3.14. The van der Waals surface area contributed by atoms with Gasteiger partial charge in [0.2, 0.25) is 0 Å². The zero-order valence-electron chi connectivity index (χ0n) is 17.0. The van der Waals surface area contributed by atoms with Gasteiger partial charge in [-0.15, -0.1) is 0 Å². The van der Waals surface area contributed by atoms with Crippen molar-refractivity contribution in [3.8, 4) is 0 Å². The molecule has 0 aliphatic carbocycles. The van der Waals surface area contributed by atoms with Crippen LogP contribution in [-0.2, 0) is 33.2 Å². The highest BCUT2D eigenvalue weighted by molar-refractivity contribution is 4.40. The largest absolute Gasteiger partial charge is 0.378 e. The standard InChI is InChI=1S/C18H38FNO7/c1-20(2)4-6-22-8-10-24-12-14-26-16-18-27-17-15-25-13-11-23-9-7-21-5-3-19/h3-18H2,1-2H3. The number of nitrogens with zero attached hydrogens (tertiary/aromatic N) is 1. The second-order valence-corrected chi connectivity index (χ2v) is 5.78. The molecule has 0 aliphatic heterocycles. The van der Waals surface area contributed by atoms with E-state index in [1.807, 2.05) is 14.1 Å². The summed E-state index contributed by atoms with van der Waals surface area (Å²) < 4.78 is 48.9. The van der Waals surface area contributed by atoms with Crippen molar-refractivity contribution in [3.63, 3.8) is 0 Å². The highest BCUT2D eigenvalue weighted by atomic mass is 19.1. The molecule has 0 radical (unpaired) electrons. The fraction of sp³-hybridized carbons (Fsp3) is 1.00. The Morgan fingerprint density at radius 2 is 0.704 bits per heavy atom. The summed E-state index contributed by atoms with van der Waals surface area (Å²) in [5, 5.41) is 0. The lowest BCUT2D eigenvalue weighted by Gasteiger charge is -2.10. The Bertz CT molecular complexity index is 276. The van der Waals surface area contributed by atoms with E-state index in [1.165, 1.54) is 0 Å². The summed E-state index contributed by atoms with van der Waals surface area (Å²) in [4.78, 5) is 2.08. The number of hydrogen-bond acceptors (Lipinski definition) is 8. The minimum atomic E-state index is -0.463. The Hall–Kier alpha value is -0.390. The predicted molar refractivity (Wildman–Crippen MR) is 100 cm³/mol. The van der Waals surface area contributed by atoms with Crippen molar-refractivity contribution in [2.24, 2.45) is 0 Å². The second-order valence-electron chi connectivity index (χ2n) is 5.78. The first kappa shape index (κ1) is 26.6. The van der Waals surface area contributed by atoms with Gasteiger partial charge in [0.05, 0.1) is 92.5 Å². The van der Waals surface area contributed by atoms with Crippen molar-refractivity contribution >= 4 is 0 Å². The maximum atomic E-state index is 11.7. The zero-order valence-corrected chi connectivity index (χ0v) is 17.0. The van der Waals surface area contributed by atoms with E-state index in [4.69, 9.17) is 33.2 Å². The van der Waals surface area contributed by atoms with Crippen LogP contribution in [0.1, 0.15) is 0 Å². The van der Waals surface area contributed by atoms with Gasteiger partial charge in [-0.1, -0.05) is 0 Å². The van der Waals surface area contributed by atoms with Crippen molar-refractivity contribution in [1.82, 2.24) is 4.90 Å². The van der Waals surface area contributed by atoms with Gasteiger partial charge in [0.25, 0.3) is 0 Å². The van der Waals surface area contributed by atoms with Crippen molar-refractivity contribution in [2.75, 3.05) is 120 Å². The summed E-state index contributed by atoms with van der Waals surface area (Å²) >= 11 is 0. The van der Waals surface area contributed by atoms with Crippen molar-refractivity contribution in [1.29, 1.82) is 0 Å². The number of hydrogen-bond donors (Lipinski definition) is 0. The van der Waals surface area contributed by atoms with E-state index in [9.17, 15) is 4.39 Å². The van der Waals surface area contributed by atoms with Gasteiger partial charge in [-0.2, -0.15) is 0 Å². The topological polar surface area (TPSA) is 67.9 Å². The Morgan fingerprint density at radius 3 is 0.963 bits per heavy atom. The average Bonchev–Trinajstić information content (AvgIpc) is 2.65. The molecule has 0 N–H and O–H groups in total. The van der Waals surface area contributed by atoms with Gasteiger partial charge < -0.3 is 38.1 Å². The summed E-state index contributed by atoms with van der Waals surface area (Å²) in [6, 6.07) is 0. The van der Waals surface area contributed by atoms with Crippen LogP contribution in [0.25, 0.3) is 0 Å². The van der Waals surface area contributed by atoms with Crippen LogP contribution in [0.4, 0.5) is 4.39 Å². The smallest absolute Gasteiger partial charge is 0.113 e. The number of likely N-dealkylation sites (N-methyl/N-ethyl adjacent to an activating group) is 1. The normalized spacial score (nSPS) is 11.6. The fourth-order valence-corrected chi connectivity index (χ4v) is 1.72. The summed E-state index contributed by atoms with van der Waals surface area (Å²) in [5.41, 5.74) is 0. The van der Waals surface area contributed by atoms with Crippen LogP contribution < -0.4 is 0 Å². The maximum Gasteiger partial charge on any atom is 0.113 e. The number of ether oxygens (including phenoxy) is 7. The Balaban J connectivity index is 2.97. The van der Waals surface area contributed by atoms with E-state index in [0.717, 1.165) is 13.2 Å². The molecule has 0 saturated heterocycles. The molecule has 9 heteroatoms. The Morgan fingerprint density at radius 1 is 0.444 bits per heavy atom. The SMILES string of the molecule is CN(C)CCOCCOCCOCCOCCOCCOCCOCCF. The van der Waals surface area contributed by atoms with E-state index < -0.39 is 6.67 Å². The van der Waals surface area contributed by atoms with Gasteiger partial charge in [0.1, 0.15) is 6.67 Å². The minimum absolute atomic E-state index is 0.125. The molecule has 27 heavy (non-hydrogen) atoms. The van der Waals surface area contributed by atoms with E-state index >= 15 is 0 Å². The highest BCUT2D eigenvalue weighted by Crippen LogP contribution is 1.85. The minimum Gasteiger partial charge on any atom is -0.378 e. The molecule has 0 fully saturated rings. The summed E-state index contributed by atoms with van der Waals surface area (Å²) in [6.45, 7) is 7.52. The van der Waals surface area contributed by atoms with Crippen LogP contribution in [0.3, 0.4) is 0 Å². The lowest BCUT2D eigenvalue weighted by Crippen LogP contribution is -2.19. The third-order valence-corrected chi connectivity index (χ3v) is 3.14. The van der Waals surface area contributed by atoms with Crippen molar-refractivity contribution in [3.05, 3.63) is 0 Å². The first-order chi connectivity index (χ1) is 13.3. The van der Waals surface area contributed by atoms with Gasteiger partial charge >= 0.3 is 0 Å². The maximum absolute atomic E-state index is 11.7. The molecule has 0 aliphatic rings. The van der Waals surface area contributed by atoms with Crippen LogP contribution in [-0.4, -0.2) is 125 Å².